The summed E-state index contributed by atoms with van der Waals surface area (Å²) in [4.78, 5) is 1.99. The summed E-state index contributed by atoms with van der Waals surface area (Å²) >= 11 is 0. The first-order valence-corrected chi connectivity index (χ1v) is 3.60. The number of hydrogen-bond donors (Lipinski definition) is 0. The van der Waals surface area contributed by atoms with Crippen LogP contribution in [0.1, 0.15) is 25.7 Å². The zero-order chi connectivity index (χ0) is 6.27. The fourth-order valence-electron chi connectivity index (χ4n) is 1.17. The predicted octanol–water partition coefficient (Wildman–Crippen LogP) is 1.09. The number of hydrogen-bond acceptors (Lipinski definition) is 2. The molecule has 48 valence electrons. The summed E-state index contributed by atoms with van der Waals surface area (Å²) in [5.41, 5.74) is 0. The molecule has 0 unspecified atom stereocenters. The molecule has 0 amide bonds. The number of rotatable bonds is 2. The Bertz CT molecular complexity index is 139. The van der Waals surface area contributed by atoms with E-state index in [4.69, 9.17) is 5.26 Å². The van der Waals surface area contributed by atoms with Crippen molar-refractivity contribution in [3.8, 4) is 6.19 Å². The van der Waals surface area contributed by atoms with Crippen LogP contribution < -0.4 is 0 Å². The first-order valence-electron chi connectivity index (χ1n) is 3.60. The van der Waals surface area contributed by atoms with Gasteiger partial charge in [0.15, 0.2) is 6.19 Å². The molecule has 2 aliphatic carbocycles. The molecule has 0 aliphatic heterocycles. The van der Waals surface area contributed by atoms with Gasteiger partial charge in [0.25, 0.3) is 0 Å². The first-order chi connectivity index (χ1) is 4.42. The van der Waals surface area contributed by atoms with Crippen molar-refractivity contribution in [2.24, 2.45) is 0 Å². The highest BCUT2D eigenvalue weighted by atomic mass is 15.2. The molecule has 0 bridgehead atoms. The minimum Gasteiger partial charge on any atom is -0.305 e. The second kappa shape index (κ2) is 1.63. The Hall–Kier alpha value is -0.710. The van der Waals surface area contributed by atoms with Crippen LogP contribution in [0.2, 0.25) is 0 Å². The molecule has 0 heterocycles. The van der Waals surface area contributed by atoms with E-state index in [1.54, 1.807) is 0 Å². The average molecular weight is 122 g/mol. The monoisotopic (exact) mass is 122 g/mol. The zero-order valence-corrected chi connectivity index (χ0v) is 5.38. The molecule has 2 heteroatoms. The molecule has 0 radical (unpaired) electrons. The zero-order valence-electron chi connectivity index (χ0n) is 5.38. The van der Waals surface area contributed by atoms with Gasteiger partial charge in [0.2, 0.25) is 0 Å². The van der Waals surface area contributed by atoms with Gasteiger partial charge in [-0.2, -0.15) is 5.26 Å². The molecule has 9 heavy (non-hydrogen) atoms. The minimum absolute atomic E-state index is 0.641. The largest absolute Gasteiger partial charge is 0.305 e. The third-order valence-electron chi connectivity index (χ3n) is 2.00. The molecule has 0 N–H and O–H groups in total. The van der Waals surface area contributed by atoms with Gasteiger partial charge in [0.05, 0.1) is 0 Å². The lowest BCUT2D eigenvalue weighted by atomic mass is 10.5. The Balaban J connectivity index is 1.94. The summed E-state index contributed by atoms with van der Waals surface area (Å²) in [6.45, 7) is 0. The quantitative estimate of drug-likeness (QED) is 0.405. The van der Waals surface area contributed by atoms with E-state index in [1.807, 2.05) is 4.90 Å². The topological polar surface area (TPSA) is 27.0 Å². The highest BCUT2D eigenvalue weighted by Crippen LogP contribution is 2.36. The fourth-order valence-corrected chi connectivity index (χ4v) is 1.17. The van der Waals surface area contributed by atoms with Gasteiger partial charge in [-0.15, -0.1) is 0 Å². The molecule has 2 saturated carbocycles. The Morgan fingerprint density at radius 2 is 1.56 bits per heavy atom. The van der Waals surface area contributed by atoms with Crippen molar-refractivity contribution in [3.05, 3.63) is 0 Å². The van der Waals surface area contributed by atoms with Gasteiger partial charge < -0.3 is 4.90 Å². The molecular weight excluding hydrogens is 112 g/mol. The summed E-state index contributed by atoms with van der Waals surface area (Å²) in [6, 6.07) is 1.28. The van der Waals surface area contributed by atoms with Crippen molar-refractivity contribution < 1.29 is 0 Å². The molecule has 2 rings (SSSR count). The van der Waals surface area contributed by atoms with Crippen LogP contribution in [0.3, 0.4) is 0 Å². The summed E-state index contributed by atoms with van der Waals surface area (Å²) < 4.78 is 0. The van der Waals surface area contributed by atoms with Crippen LogP contribution in [0.15, 0.2) is 0 Å². The first kappa shape index (κ1) is 5.10. The predicted molar refractivity (Wildman–Crippen MR) is 33.5 cm³/mol. The molecule has 0 aromatic carbocycles. The molecule has 0 aromatic heterocycles. The van der Waals surface area contributed by atoms with Gasteiger partial charge in [0.1, 0.15) is 0 Å². The molecule has 0 spiro atoms. The standard InChI is InChI=1S/C7H10N2/c8-5-9(6-1-2-6)7-3-4-7/h6-7H,1-4H2. The third-order valence-corrected chi connectivity index (χ3v) is 2.00. The van der Waals surface area contributed by atoms with E-state index in [2.05, 4.69) is 6.19 Å². The van der Waals surface area contributed by atoms with Crippen molar-refractivity contribution in [3.63, 3.8) is 0 Å². The van der Waals surface area contributed by atoms with Gasteiger partial charge in [-0.1, -0.05) is 0 Å². The normalized spacial score (nSPS) is 25.2. The lowest BCUT2D eigenvalue weighted by molar-refractivity contribution is 0.372. The lowest BCUT2D eigenvalue weighted by Crippen LogP contribution is -2.21. The van der Waals surface area contributed by atoms with Crippen LogP contribution in [-0.4, -0.2) is 17.0 Å². The molecule has 2 aliphatic rings. The van der Waals surface area contributed by atoms with Crippen molar-refractivity contribution in [1.82, 2.24) is 4.90 Å². The maximum absolute atomic E-state index is 8.62. The van der Waals surface area contributed by atoms with E-state index < -0.39 is 0 Å². The molecular formula is C7H10N2. The Morgan fingerprint density at radius 3 is 1.78 bits per heavy atom. The van der Waals surface area contributed by atoms with E-state index >= 15 is 0 Å². The van der Waals surface area contributed by atoms with Crippen LogP contribution in [0.5, 0.6) is 0 Å². The van der Waals surface area contributed by atoms with Gasteiger partial charge in [0, 0.05) is 12.1 Å². The Labute approximate surface area is 55.1 Å². The van der Waals surface area contributed by atoms with Gasteiger partial charge in [-0.3, -0.25) is 0 Å². The maximum Gasteiger partial charge on any atom is 0.179 e. The SMILES string of the molecule is N#CN(C1CC1)C1CC1. The van der Waals surface area contributed by atoms with Crippen molar-refractivity contribution >= 4 is 0 Å². The van der Waals surface area contributed by atoms with Crippen LogP contribution in [0.4, 0.5) is 0 Å². The number of nitriles is 1. The van der Waals surface area contributed by atoms with Crippen molar-refractivity contribution in [2.45, 2.75) is 37.8 Å². The van der Waals surface area contributed by atoms with Crippen LogP contribution in [0.25, 0.3) is 0 Å². The Kier molecular flexibility index (Phi) is 0.926. The van der Waals surface area contributed by atoms with Crippen molar-refractivity contribution in [1.29, 1.82) is 5.26 Å². The van der Waals surface area contributed by atoms with Crippen molar-refractivity contribution in [2.75, 3.05) is 0 Å². The highest BCUT2D eigenvalue weighted by Gasteiger charge is 2.38. The van der Waals surface area contributed by atoms with Gasteiger partial charge in [-0.05, 0) is 25.7 Å². The van der Waals surface area contributed by atoms with E-state index in [9.17, 15) is 0 Å². The van der Waals surface area contributed by atoms with Gasteiger partial charge in [-0.25, -0.2) is 0 Å². The molecule has 2 nitrogen and oxygen atoms in total. The molecule has 0 saturated heterocycles. The van der Waals surface area contributed by atoms with Gasteiger partial charge >= 0.3 is 0 Å². The van der Waals surface area contributed by atoms with Crippen LogP contribution in [0, 0.1) is 11.5 Å². The lowest BCUT2D eigenvalue weighted by Gasteiger charge is -2.11. The maximum atomic E-state index is 8.62. The minimum atomic E-state index is 0.641. The molecule has 0 atom stereocenters. The second-order valence-electron chi connectivity index (χ2n) is 2.97. The summed E-state index contributed by atoms with van der Waals surface area (Å²) in [6.07, 6.45) is 7.28. The molecule has 0 aromatic rings. The van der Waals surface area contributed by atoms with E-state index in [1.165, 1.54) is 25.7 Å². The van der Waals surface area contributed by atoms with Crippen LogP contribution in [-0.2, 0) is 0 Å². The third kappa shape index (κ3) is 0.873. The smallest absolute Gasteiger partial charge is 0.179 e. The number of nitrogens with zero attached hydrogens (tertiary/aromatic N) is 2. The summed E-state index contributed by atoms with van der Waals surface area (Å²) in [5, 5.41) is 8.62. The highest BCUT2D eigenvalue weighted by molar-refractivity contribution is 5.00. The molecule has 2 fully saturated rings. The summed E-state index contributed by atoms with van der Waals surface area (Å²) in [5.74, 6) is 0. The average Bonchev–Trinajstić information content (AvgIpc) is 2.61. The summed E-state index contributed by atoms with van der Waals surface area (Å²) in [7, 11) is 0. The van der Waals surface area contributed by atoms with E-state index in [0.717, 1.165) is 0 Å². The van der Waals surface area contributed by atoms with E-state index in [-0.39, 0.29) is 0 Å². The van der Waals surface area contributed by atoms with Crippen LogP contribution >= 0.6 is 0 Å². The Morgan fingerprint density at radius 1 is 1.11 bits per heavy atom. The second-order valence-corrected chi connectivity index (χ2v) is 2.97. The fraction of sp³-hybridized carbons (Fsp3) is 0.857. The van der Waals surface area contributed by atoms with E-state index in [0.29, 0.717) is 12.1 Å².